The van der Waals surface area contributed by atoms with Crippen LogP contribution >= 0.6 is 24.8 Å². The van der Waals surface area contributed by atoms with Gasteiger partial charge in [-0.25, -0.2) is 9.97 Å². The van der Waals surface area contributed by atoms with Crippen LogP contribution in [0.3, 0.4) is 0 Å². The van der Waals surface area contributed by atoms with E-state index in [1.807, 2.05) is 0 Å². The predicted octanol–water partition coefficient (Wildman–Crippen LogP) is 5.85. The zero-order valence-corrected chi connectivity index (χ0v) is 23.8. The average Bonchev–Trinajstić information content (AvgIpc) is 3.16. The summed E-state index contributed by atoms with van der Waals surface area (Å²) in [5.74, 6) is 2.12. The molecule has 0 N–H and O–H groups in total. The number of imidazole rings is 1. The van der Waals surface area contributed by atoms with Crippen molar-refractivity contribution in [3.05, 3.63) is 58.5 Å². The topological polar surface area (TPSA) is 37.2 Å². The molecule has 1 aliphatic heterocycles. The monoisotopic (exact) mass is 531 g/mol. The molecular formula is C29H43Cl2N5. The van der Waals surface area contributed by atoms with Crippen LogP contribution in [0.15, 0.2) is 30.3 Å². The predicted molar refractivity (Wildman–Crippen MR) is 155 cm³/mol. The molecule has 0 bridgehead atoms. The fourth-order valence-corrected chi connectivity index (χ4v) is 5.62. The Morgan fingerprint density at radius 1 is 0.889 bits per heavy atom. The van der Waals surface area contributed by atoms with Crippen LogP contribution in [0.2, 0.25) is 0 Å². The Labute approximate surface area is 229 Å². The van der Waals surface area contributed by atoms with Gasteiger partial charge in [-0.2, -0.15) is 0 Å². The number of fused-ring (bicyclic) bond motifs is 1. The second-order valence-electron chi connectivity index (χ2n) is 10.6. The minimum atomic E-state index is 0. The van der Waals surface area contributed by atoms with Gasteiger partial charge < -0.3 is 14.4 Å². The Morgan fingerprint density at radius 2 is 1.56 bits per heavy atom. The van der Waals surface area contributed by atoms with Gasteiger partial charge in [0.25, 0.3) is 0 Å². The summed E-state index contributed by atoms with van der Waals surface area (Å²) in [7, 11) is 0. The van der Waals surface area contributed by atoms with E-state index in [1.165, 1.54) is 81.6 Å². The van der Waals surface area contributed by atoms with Crippen LogP contribution in [-0.4, -0.2) is 63.6 Å². The molecule has 5 nitrogen and oxygen atoms in total. The van der Waals surface area contributed by atoms with Crippen LogP contribution in [0.1, 0.15) is 60.8 Å². The van der Waals surface area contributed by atoms with Crippen molar-refractivity contribution in [3.63, 3.8) is 0 Å². The highest BCUT2D eigenvalue weighted by atomic mass is 35.5. The van der Waals surface area contributed by atoms with Crippen LogP contribution < -0.4 is 0 Å². The Bertz CT molecular complexity index is 1100. The quantitative estimate of drug-likeness (QED) is 0.346. The molecule has 5 rings (SSSR count). The van der Waals surface area contributed by atoms with Gasteiger partial charge in [0.1, 0.15) is 11.3 Å². The van der Waals surface area contributed by atoms with Gasteiger partial charge in [-0.15, -0.1) is 24.8 Å². The third-order valence-corrected chi connectivity index (χ3v) is 7.93. The van der Waals surface area contributed by atoms with Crippen LogP contribution in [0.4, 0.5) is 0 Å². The molecule has 198 valence electrons. The van der Waals surface area contributed by atoms with Gasteiger partial charge in [0, 0.05) is 44.8 Å². The number of halogens is 2. The van der Waals surface area contributed by atoms with Gasteiger partial charge >= 0.3 is 0 Å². The zero-order valence-electron chi connectivity index (χ0n) is 22.2. The number of hydrogen-bond acceptors (Lipinski definition) is 4. The minimum absolute atomic E-state index is 0. The lowest BCUT2D eigenvalue weighted by atomic mass is 9.85. The number of benzene rings is 1. The van der Waals surface area contributed by atoms with Gasteiger partial charge in [0.2, 0.25) is 0 Å². The molecule has 0 radical (unpaired) electrons. The molecule has 1 saturated carbocycles. The van der Waals surface area contributed by atoms with Gasteiger partial charge in [0.15, 0.2) is 5.65 Å². The van der Waals surface area contributed by atoms with Crippen molar-refractivity contribution in [2.45, 2.75) is 65.8 Å². The van der Waals surface area contributed by atoms with Crippen molar-refractivity contribution >= 4 is 36.0 Å². The van der Waals surface area contributed by atoms with Crippen molar-refractivity contribution in [2.24, 2.45) is 5.92 Å². The SMILES string of the molecule is CCc1nc2c(C)cc(C)nc2n1Cc1ccc(CCCN2CCN(CC3CCC3)CC2)cc1.Cl.Cl. The Kier molecular flexibility index (Phi) is 10.6. The fourth-order valence-electron chi connectivity index (χ4n) is 5.62. The van der Waals surface area contributed by atoms with E-state index in [1.54, 1.807) is 0 Å². The molecule has 2 aliphatic rings. The van der Waals surface area contributed by atoms with E-state index in [4.69, 9.17) is 9.97 Å². The lowest BCUT2D eigenvalue weighted by Gasteiger charge is -2.38. The third-order valence-electron chi connectivity index (χ3n) is 7.93. The molecule has 2 aromatic heterocycles. The molecule has 1 aliphatic carbocycles. The second-order valence-corrected chi connectivity index (χ2v) is 10.6. The number of aryl methyl sites for hydroxylation is 4. The zero-order chi connectivity index (χ0) is 23.5. The van der Waals surface area contributed by atoms with Crippen LogP contribution in [0.5, 0.6) is 0 Å². The summed E-state index contributed by atoms with van der Waals surface area (Å²) < 4.78 is 2.30. The second kappa shape index (κ2) is 13.2. The maximum Gasteiger partial charge on any atom is 0.160 e. The van der Waals surface area contributed by atoms with Crippen molar-refractivity contribution < 1.29 is 0 Å². The molecule has 0 amide bonds. The highest BCUT2D eigenvalue weighted by Gasteiger charge is 2.23. The summed E-state index contributed by atoms with van der Waals surface area (Å²) in [6.07, 6.45) is 7.72. The molecule has 2 fully saturated rings. The maximum absolute atomic E-state index is 4.89. The Balaban J connectivity index is 0.00000180. The van der Waals surface area contributed by atoms with E-state index in [0.717, 1.165) is 48.0 Å². The number of pyridine rings is 1. The standard InChI is InChI=1S/C29H41N5.2ClH/c1-4-27-31-28-22(2)19-23(3)30-29(28)34(27)21-26-12-10-24(11-13-26)9-6-14-32-15-17-33(18-16-32)20-25-7-5-8-25;;/h10-13,19,25H,4-9,14-18,20-21H2,1-3H3;2*1H. The third kappa shape index (κ3) is 6.80. The highest BCUT2D eigenvalue weighted by molar-refractivity contribution is 5.85. The highest BCUT2D eigenvalue weighted by Crippen LogP contribution is 2.27. The first kappa shape index (κ1) is 28.9. The maximum atomic E-state index is 4.89. The Hall–Kier alpha value is -1.66. The summed E-state index contributed by atoms with van der Waals surface area (Å²) in [5.41, 5.74) is 7.11. The molecule has 3 aromatic rings. The van der Waals surface area contributed by atoms with Crippen LogP contribution in [-0.2, 0) is 19.4 Å². The minimum Gasteiger partial charge on any atom is -0.308 e. The van der Waals surface area contributed by atoms with Gasteiger partial charge in [0.05, 0.1) is 6.54 Å². The van der Waals surface area contributed by atoms with E-state index >= 15 is 0 Å². The number of aromatic nitrogens is 3. The molecule has 3 heterocycles. The molecule has 7 heteroatoms. The van der Waals surface area contributed by atoms with E-state index in [9.17, 15) is 0 Å². The van der Waals surface area contributed by atoms with Crippen molar-refractivity contribution in [3.8, 4) is 0 Å². The van der Waals surface area contributed by atoms with Crippen LogP contribution in [0, 0.1) is 19.8 Å². The Morgan fingerprint density at radius 3 is 2.19 bits per heavy atom. The molecule has 1 saturated heterocycles. The normalized spacial score (nSPS) is 17.0. The first-order valence-electron chi connectivity index (χ1n) is 13.4. The van der Waals surface area contributed by atoms with Gasteiger partial charge in [-0.05, 0) is 74.8 Å². The first-order chi connectivity index (χ1) is 16.6. The van der Waals surface area contributed by atoms with Crippen molar-refractivity contribution in [1.82, 2.24) is 24.3 Å². The van der Waals surface area contributed by atoms with Gasteiger partial charge in [-0.3, -0.25) is 0 Å². The number of hydrogen-bond donors (Lipinski definition) is 0. The van der Waals surface area contributed by atoms with Crippen molar-refractivity contribution in [1.29, 1.82) is 0 Å². The molecule has 0 spiro atoms. The van der Waals surface area contributed by atoms with Gasteiger partial charge in [-0.1, -0.05) is 37.6 Å². The number of nitrogens with zero attached hydrogens (tertiary/aromatic N) is 5. The lowest BCUT2D eigenvalue weighted by Crippen LogP contribution is -2.48. The molecule has 36 heavy (non-hydrogen) atoms. The summed E-state index contributed by atoms with van der Waals surface area (Å²) in [5, 5.41) is 0. The summed E-state index contributed by atoms with van der Waals surface area (Å²) in [6.45, 7) is 14.8. The molecule has 0 unspecified atom stereocenters. The number of piperazine rings is 1. The lowest BCUT2D eigenvalue weighted by molar-refractivity contribution is 0.1000. The summed E-state index contributed by atoms with van der Waals surface area (Å²) >= 11 is 0. The van der Waals surface area contributed by atoms with E-state index in [2.05, 4.69) is 65.5 Å². The smallest absolute Gasteiger partial charge is 0.160 e. The van der Waals surface area contributed by atoms with Crippen LogP contribution in [0.25, 0.3) is 11.2 Å². The molecular weight excluding hydrogens is 489 g/mol. The van der Waals surface area contributed by atoms with E-state index in [0.29, 0.717) is 0 Å². The summed E-state index contributed by atoms with van der Waals surface area (Å²) in [6, 6.07) is 11.4. The first-order valence-corrected chi connectivity index (χ1v) is 13.4. The van der Waals surface area contributed by atoms with Crippen molar-refractivity contribution in [2.75, 3.05) is 39.3 Å². The molecule has 1 aromatic carbocycles. The van der Waals surface area contributed by atoms with E-state index in [-0.39, 0.29) is 24.8 Å². The summed E-state index contributed by atoms with van der Waals surface area (Å²) in [4.78, 5) is 15.1. The average molecular weight is 533 g/mol. The van der Waals surface area contributed by atoms with E-state index < -0.39 is 0 Å². The largest absolute Gasteiger partial charge is 0.308 e. The molecule has 0 atom stereocenters. The number of rotatable bonds is 9. The fraction of sp³-hybridized carbons (Fsp3) is 0.586.